The van der Waals surface area contributed by atoms with E-state index in [-0.39, 0.29) is 5.69 Å². The van der Waals surface area contributed by atoms with E-state index in [4.69, 9.17) is 0 Å². The molecule has 0 spiro atoms. The molecule has 1 aliphatic heterocycles. The van der Waals surface area contributed by atoms with Crippen molar-refractivity contribution in [3.8, 4) is 0 Å². The quantitative estimate of drug-likeness (QED) is 0.704. The van der Waals surface area contributed by atoms with Crippen LogP contribution in [0.5, 0.6) is 0 Å². The third kappa shape index (κ3) is 3.76. The van der Waals surface area contributed by atoms with E-state index in [2.05, 4.69) is 51.3 Å². The molecule has 0 atom stereocenters. The minimum atomic E-state index is -0.0752. The van der Waals surface area contributed by atoms with Crippen molar-refractivity contribution >= 4 is 11.7 Å². The highest BCUT2D eigenvalue weighted by atomic mass is 16.2. The Bertz CT molecular complexity index is 935. The number of hydrogen-bond acceptors (Lipinski definition) is 4. The highest BCUT2D eigenvalue weighted by Crippen LogP contribution is 2.05. The SMILES string of the molecule is O=c1n(CN2CCN(C/C=C/c3ccccc3)CC2)nc2ccccn12. The van der Waals surface area contributed by atoms with Gasteiger partial charge in [0.1, 0.15) is 0 Å². The van der Waals surface area contributed by atoms with Crippen LogP contribution in [-0.2, 0) is 6.67 Å². The van der Waals surface area contributed by atoms with E-state index in [0.717, 1.165) is 32.7 Å². The monoisotopic (exact) mass is 349 g/mol. The van der Waals surface area contributed by atoms with Gasteiger partial charge in [0.25, 0.3) is 0 Å². The summed E-state index contributed by atoms with van der Waals surface area (Å²) in [5, 5.41) is 4.41. The van der Waals surface area contributed by atoms with Crippen LogP contribution < -0.4 is 5.69 Å². The van der Waals surface area contributed by atoms with Crippen LogP contribution in [0.4, 0.5) is 0 Å². The van der Waals surface area contributed by atoms with Gasteiger partial charge in [-0.3, -0.25) is 14.2 Å². The van der Waals surface area contributed by atoms with Crippen molar-refractivity contribution in [3.63, 3.8) is 0 Å². The van der Waals surface area contributed by atoms with Crippen LogP contribution in [0.1, 0.15) is 5.56 Å². The second kappa shape index (κ2) is 7.68. The third-order valence-electron chi connectivity index (χ3n) is 4.76. The average Bonchev–Trinajstić information content (AvgIpc) is 3.00. The van der Waals surface area contributed by atoms with Crippen molar-refractivity contribution in [3.05, 3.63) is 76.9 Å². The summed E-state index contributed by atoms with van der Waals surface area (Å²) in [6, 6.07) is 16.0. The van der Waals surface area contributed by atoms with Gasteiger partial charge in [0.2, 0.25) is 0 Å². The standard InChI is InChI=1S/C20H23N5O/c26-20-24-12-5-4-10-19(24)21-25(20)17-23-15-13-22(14-16-23)11-6-9-18-7-2-1-3-8-18/h1-10,12H,11,13-17H2/b9-6+. The van der Waals surface area contributed by atoms with Crippen molar-refractivity contribution in [1.82, 2.24) is 24.0 Å². The molecule has 1 fully saturated rings. The fourth-order valence-electron chi connectivity index (χ4n) is 3.26. The molecule has 26 heavy (non-hydrogen) atoms. The first-order valence-electron chi connectivity index (χ1n) is 9.00. The van der Waals surface area contributed by atoms with Gasteiger partial charge in [0, 0.05) is 38.9 Å². The highest BCUT2D eigenvalue weighted by Gasteiger charge is 2.17. The molecule has 0 amide bonds. The zero-order chi connectivity index (χ0) is 17.8. The van der Waals surface area contributed by atoms with Crippen molar-refractivity contribution < 1.29 is 0 Å². The molecule has 6 nitrogen and oxygen atoms in total. The number of benzene rings is 1. The normalized spacial score (nSPS) is 16.6. The lowest BCUT2D eigenvalue weighted by Crippen LogP contribution is -2.47. The maximum atomic E-state index is 12.4. The molecule has 0 unspecified atom stereocenters. The first kappa shape index (κ1) is 16.8. The average molecular weight is 349 g/mol. The molecule has 3 heterocycles. The molecule has 6 heteroatoms. The van der Waals surface area contributed by atoms with Crippen LogP contribution in [0.3, 0.4) is 0 Å². The van der Waals surface area contributed by atoms with Gasteiger partial charge in [-0.2, -0.15) is 4.68 Å². The fraction of sp³-hybridized carbons (Fsp3) is 0.300. The van der Waals surface area contributed by atoms with Crippen LogP contribution >= 0.6 is 0 Å². The summed E-state index contributed by atoms with van der Waals surface area (Å²) in [4.78, 5) is 17.1. The van der Waals surface area contributed by atoms with Crippen LogP contribution in [0.2, 0.25) is 0 Å². The van der Waals surface area contributed by atoms with E-state index >= 15 is 0 Å². The molecule has 0 bridgehead atoms. The first-order chi connectivity index (χ1) is 12.8. The van der Waals surface area contributed by atoms with Crippen molar-refractivity contribution in [1.29, 1.82) is 0 Å². The highest BCUT2D eigenvalue weighted by molar-refractivity contribution is 5.48. The van der Waals surface area contributed by atoms with Gasteiger partial charge in [-0.15, -0.1) is 5.10 Å². The maximum absolute atomic E-state index is 12.4. The number of pyridine rings is 1. The molecule has 134 valence electrons. The summed E-state index contributed by atoms with van der Waals surface area (Å²) >= 11 is 0. The number of rotatable bonds is 5. The Kier molecular flexibility index (Phi) is 4.95. The molecule has 1 saturated heterocycles. The van der Waals surface area contributed by atoms with Crippen molar-refractivity contribution in [2.24, 2.45) is 0 Å². The van der Waals surface area contributed by atoms with E-state index in [0.29, 0.717) is 12.3 Å². The van der Waals surface area contributed by atoms with Crippen LogP contribution in [-0.4, -0.2) is 56.7 Å². The predicted molar refractivity (Wildman–Crippen MR) is 103 cm³/mol. The molecule has 0 saturated carbocycles. The van der Waals surface area contributed by atoms with Gasteiger partial charge in [0.15, 0.2) is 5.65 Å². The van der Waals surface area contributed by atoms with Crippen molar-refractivity contribution in [2.45, 2.75) is 6.67 Å². The minimum absolute atomic E-state index is 0.0752. The zero-order valence-corrected chi connectivity index (χ0v) is 14.7. The van der Waals surface area contributed by atoms with Crippen LogP contribution in [0, 0.1) is 0 Å². The van der Waals surface area contributed by atoms with E-state index in [9.17, 15) is 4.79 Å². The van der Waals surface area contributed by atoms with Gasteiger partial charge >= 0.3 is 5.69 Å². The second-order valence-corrected chi connectivity index (χ2v) is 6.58. The molecule has 0 aliphatic carbocycles. The second-order valence-electron chi connectivity index (χ2n) is 6.58. The Balaban J connectivity index is 1.30. The van der Waals surface area contributed by atoms with Crippen LogP contribution in [0.15, 0.2) is 65.6 Å². The number of fused-ring (bicyclic) bond motifs is 1. The molecular weight excluding hydrogens is 326 g/mol. The Hall–Kier alpha value is -2.70. The van der Waals surface area contributed by atoms with Gasteiger partial charge < -0.3 is 0 Å². The van der Waals surface area contributed by atoms with E-state index in [1.165, 1.54) is 5.56 Å². The van der Waals surface area contributed by atoms with Gasteiger partial charge in [-0.05, 0) is 17.7 Å². The van der Waals surface area contributed by atoms with E-state index in [1.807, 2.05) is 24.3 Å². The largest absolute Gasteiger partial charge is 0.351 e. The molecule has 1 aromatic carbocycles. The third-order valence-corrected chi connectivity index (χ3v) is 4.76. The Labute approximate surface area is 152 Å². The number of piperazine rings is 1. The summed E-state index contributed by atoms with van der Waals surface area (Å²) in [7, 11) is 0. The molecule has 1 aliphatic rings. The van der Waals surface area contributed by atoms with Crippen LogP contribution in [0.25, 0.3) is 11.7 Å². The van der Waals surface area contributed by atoms with E-state index < -0.39 is 0 Å². The van der Waals surface area contributed by atoms with Gasteiger partial charge in [-0.25, -0.2) is 4.79 Å². The summed E-state index contributed by atoms with van der Waals surface area (Å²) in [5.41, 5.74) is 1.85. The lowest BCUT2D eigenvalue weighted by molar-refractivity contribution is 0.109. The molecule has 2 aromatic heterocycles. The Morgan fingerprint density at radius 2 is 1.65 bits per heavy atom. The number of aromatic nitrogens is 3. The molecule has 0 radical (unpaired) electrons. The zero-order valence-electron chi connectivity index (χ0n) is 14.7. The number of hydrogen-bond donors (Lipinski definition) is 0. The van der Waals surface area contributed by atoms with Gasteiger partial charge in [-0.1, -0.05) is 48.6 Å². The Morgan fingerprint density at radius 3 is 2.42 bits per heavy atom. The molecule has 3 aromatic rings. The smallest absolute Gasteiger partial charge is 0.297 e. The Morgan fingerprint density at radius 1 is 0.923 bits per heavy atom. The fourth-order valence-corrected chi connectivity index (χ4v) is 3.26. The molecule has 4 rings (SSSR count). The molecule has 0 N–H and O–H groups in total. The van der Waals surface area contributed by atoms with Crippen molar-refractivity contribution in [2.75, 3.05) is 32.7 Å². The number of nitrogens with zero attached hydrogens (tertiary/aromatic N) is 5. The summed E-state index contributed by atoms with van der Waals surface area (Å²) in [6.07, 6.45) is 6.15. The lowest BCUT2D eigenvalue weighted by atomic mass is 10.2. The van der Waals surface area contributed by atoms with E-state index in [1.54, 1.807) is 15.3 Å². The van der Waals surface area contributed by atoms with Gasteiger partial charge in [0.05, 0.1) is 6.67 Å². The summed E-state index contributed by atoms with van der Waals surface area (Å²) in [6.45, 7) is 5.40. The topological polar surface area (TPSA) is 45.8 Å². The maximum Gasteiger partial charge on any atom is 0.351 e. The molecular formula is C20H23N5O. The first-order valence-corrected chi connectivity index (χ1v) is 9.00. The summed E-state index contributed by atoms with van der Waals surface area (Å²) in [5.74, 6) is 0. The lowest BCUT2D eigenvalue weighted by Gasteiger charge is -2.33. The summed E-state index contributed by atoms with van der Waals surface area (Å²) < 4.78 is 3.14. The minimum Gasteiger partial charge on any atom is -0.297 e. The predicted octanol–water partition coefficient (Wildman–Crippen LogP) is 1.78.